The van der Waals surface area contributed by atoms with Crippen LogP contribution in [-0.2, 0) is 9.53 Å². The molecule has 0 saturated carbocycles. The van der Waals surface area contributed by atoms with Gasteiger partial charge in [0.25, 0.3) is 5.91 Å². The lowest BCUT2D eigenvalue weighted by Crippen LogP contribution is -3.14. The van der Waals surface area contributed by atoms with Crippen LogP contribution in [0.1, 0.15) is 18.0 Å². The third-order valence-corrected chi connectivity index (χ3v) is 6.15. The van der Waals surface area contributed by atoms with E-state index in [0.717, 1.165) is 50.5 Å². The van der Waals surface area contributed by atoms with Gasteiger partial charge >= 0.3 is 6.03 Å². The largest absolute Gasteiger partial charge is 0.370 e. The normalized spacial score (nSPS) is 23.3. The Morgan fingerprint density at radius 1 is 1.25 bits per heavy atom. The van der Waals surface area contributed by atoms with Crippen molar-refractivity contribution in [1.82, 2.24) is 15.1 Å². The summed E-state index contributed by atoms with van der Waals surface area (Å²) in [6.07, 6.45) is 0.934. The maximum Gasteiger partial charge on any atom is 0.322 e. The lowest BCUT2D eigenvalue weighted by atomic mass is 9.96. The monoisotopic (exact) mass is 405 g/mol. The molecule has 7 nitrogen and oxygen atoms in total. The number of carbonyl (C=O) groups is 2. The molecule has 0 unspecified atom stereocenters. The fourth-order valence-electron chi connectivity index (χ4n) is 4.18. The van der Waals surface area contributed by atoms with E-state index in [1.54, 1.807) is 18.0 Å². The lowest BCUT2D eigenvalue weighted by Gasteiger charge is -2.31. The Labute approximate surface area is 169 Å². The smallest absolute Gasteiger partial charge is 0.322 e. The van der Waals surface area contributed by atoms with Crippen molar-refractivity contribution in [3.8, 4) is 0 Å². The summed E-state index contributed by atoms with van der Waals surface area (Å²) in [6, 6.07) is 6.64. The highest BCUT2D eigenvalue weighted by molar-refractivity contribution is 6.31. The molecule has 3 aliphatic heterocycles. The van der Waals surface area contributed by atoms with Crippen molar-refractivity contribution in [3.05, 3.63) is 46.1 Å². The third kappa shape index (κ3) is 3.62. The highest BCUT2D eigenvalue weighted by Crippen LogP contribution is 2.37. The first-order valence-electron chi connectivity index (χ1n) is 9.78. The van der Waals surface area contributed by atoms with Crippen molar-refractivity contribution in [1.29, 1.82) is 0 Å². The highest BCUT2D eigenvalue weighted by Gasteiger charge is 2.43. The summed E-state index contributed by atoms with van der Waals surface area (Å²) in [5.41, 5.74) is 2.16. The van der Waals surface area contributed by atoms with Gasteiger partial charge in [0, 0.05) is 25.0 Å². The molecule has 1 fully saturated rings. The zero-order chi connectivity index (χ0) is 19.7. The molecule has 4 rings (SSSR count). The number of hydrogen-bond donors (Lipinski definition) is 2. The average Bonchev–Trinajstić information content (AvgIpc) is 3.03. The van der Waals surface area contributed by atoms with Gasteiger partial charge in [0.05, 0.1) is 43.6 Å². The minimum absolute atomic E-state index is 0.0104. The molecule has 1 aromatic carbocycles. The summed E-state index contributed by atoms with van der Waals surface area (Å²) >= 11 is 6.36. The van der Waals surface area contributed by atoms with Crippen molar-refractivity contribution in [2.75, 3.05) is 53.0 Å². The molecule has 0 spiro atoms. The first-order valence-corrected chi connectivity index (χ1v) is 10.2. The zero-order valence-corrected chi connectivity index (χ0v) is 16.8. The fourth-order valence-corrected chi connectivity index (χ4v) is 4.42. The number of likely N-dealkylation sites (N-methyl/N-ethyl adjacent to an activating group) is 1. The molecule has 1 aromatic rings. The van der Waals surface area contributed by atoms with E-state index in [4.69, 9.17) is 16.3 Å². The van der Waals surface area contributed by atoms with Gasteiger partial charge in [-0.25, -0.2) is 4.79 Å². The molecule has 2 N–H and O–H groups in total. The number of urea groups is 1. The summed E-state index contributed by atoms with van der Waals surface area (Å²) in [4.78, 5) is 30.6. The number of quaternary nitrogens is 1. The van der Waals surface area contributed by atoms with Crippen LogP contribution in [0.5, 0.6) is 0 Å². The summed E-state index contributed by atoms with van der Waals surface area (Å²) < 4.78 is 5.40. The van der Waals surface area contributed by atoms with E-state index in [1.807, 2.05) is 23.1 Å². The molecule has 0 aromatic heterocycles. The van der Waals surface area contributed by atoms with E-state index in [1.165, 1.54) is 4.90 Å². The van der Waals surface area contributed by atoms with Gasteiger partial charge in [-0.2, -0.15) is 0 Å². The molecule has 150 valence electrons. The number of rotatable bonds is 5. The molecule has 3 heterocycles. The van der Waals surface area contributed by atoms with E-state index < -0.39 is 6.04 Å². The van der Waals surface area contributed by atoms with Crippen LogP contribution in [0.4, 0.5) is 4.79 Å². The SMILES string of the molecule is CN1C(=O)N[C@H](c2ccccc2Cl)C2=C1CN(CCC[NH+]1CCOCC1)C2=O. The standard InChI is InChI=1S/C20H25ClN4O3/c1-23-16-13-25(8-4-7-24-9-11-28-12-10-24)19(26)17(16)18(22-20(23)27)14-5-2-3-6-15(14)21/h2-3,5-6,18H,4,7-13H2,1H3,(H,22,27)/p+1/t18-/m1/s1. The highest BCUT2D eigenvalue weighted by atomic mass is 35.5. The Kier molecular flexibility index (Phi) is 5.57. The second kappa shape index (κ2) is 8.11. The van der Waals surface area contributed by atoms with Gasteiger partial charge in [-0.1, -0.05) is 29.8 Å². The number of nitrogens with zero attached hydrogens (tertiary/aromatic N) is 2. The molecule has 8 heteroatoms. The van der Waals surface area contributed by atoms with Crippen LogP contribution in [0.15, 0.2) is 35.5 Å². The zero-order valence-electron chi connectivity index (χ0n) is 16.0. The number of benzene rings is 1. The van der Waals surface area contributed by atoms with Gasteiger partial charge in [-0.15, -0.1) is 0 Å². The topological polar surface area (TPSA) is 66.3 Å². The van der Waals surface area contributed by atoms with E-state index >= 15 is 0 Å². The number of ether oxygens (including phenoxy) is 1. The Bertz CT molecular complexity index is 806. The average molecular weight is 406 g/mol. The Hall–Kier alpha value is -2.09. The number of carbonyl (C=O) groups excluding carboxylic acids is 2. The van der Waals surface area contributed by atoms with Crippen LogP contribution >= 0.6 is 11.6 Å². The summed E-state index contributed by atoms with van der Waals surface area (Å²) in [7, 11) is 1.71. The van der Waals surface area contributed by atoms with E-state index in [0.29, 0.717) is 23.7 Å². The van der Waals surface area contributed by atoms with Gasteiger partial charge in [-0.05, 0) is 11.6 Å². The molecule has 28 heavy (non-hydrogen) atoms. The van der Waals surface area contributed by atoms with Crippen molar-refractivity contribution in [3.63, 3.8) is 0 Å². The van der Waals surface area contributed by atoms with Crippen LogP contribution in [-0.4, -0.2) is 74.7 Å². The van der Waals surface area contributed by atoms with E-state index in [9.17, 15) is 9.59 Å². The maximum absolute atomic E-state index is 13.2. The van der Waals surface area contributed by atoms with Crippen molar-refractivity contribution >= 4 is 23.5 Å². The molecular formula is C20H26ClN4O3+. The molecule has 3 aliphatic rings. The fraction of sp³-hybridized carbons (Fsp3) is 0.500. The molecule has 1 atom stereocenters. The minimum atomic E-state index is -0.505. The van der Waals surface area contributed by atoms with Gasteiger partial charge in [0.15, 0.2) is 0 Å². The van der Waals surface area contributed by atoms with E-state index in [-0.39, 0.29) is 11.9 Å². The van der Waals surface area contributed by atoms with Crippen LogP contribution in [0.25, 0.3) is 0 Å². The first kappa shape index (κ1) is 19.2. The van der Waals surface area contributed by atoms with Crippen molar-refractivity contribution in [2.24, 2.45) is 0 Å². The minimum Gasteiger partial charge on any atom is -0.370 e. The molecule has 1 saturated heterocycles. The first-order chi connectivity index (χ1) is 13.6. The second-order valence-electron chi connectivity index (χ2n) is 7.52. The Balaban J connectivity index is 1.49. The number of nitrogens with one attached hydrogen (secondary N) is 2. The third-order valence-electron chi connectivity index (χ3n) is 5.81. The van der Waals surface area contributed by atoms with Gasteiger partial charge < -0.3 is 19.9 Å². The van der Waals surface area contributed by atoms with Gasteiger partial charge in [0.2, 0.25) is 0 Å². The number of amides is 3. The number of hydrogen-bond acceptors (Lipinski definition) is 3. The van der Waals surface area contributed by atoms with Gasteiger partial charge in [-0.3, -0.25) is 9.69 Å². The number of morpholine rings is 1. The van der Waals surface area contributed by atoms with Crippen LogP contribution < -0.4 is 10.2 Å². The molecular weight excluding hydrogens is 380 g/mol. The van der Waals surface area contributed by atoms with E-state index in [2.05, 4.69) is 5.32 Å². The van der Waals surface area contributed by atoms with Crippen LogP contribution in [0.3, 0.4) is 0 Å². The Morgan fingerprint density at radius 3 is 2.75 bits per heavy atom. The quantitative estimate of drug-likeness (QED) is 0.747. The van der Waals surface area contributed by atoms with Crippen LogP contribution in [0, 0.1) is 0 Å². The van der Waals surface area contributed by atoms with Gasteiger partial charge in [0.1, 0.15) is 13.1 Å². The predicted octanol–water partition coefficient (Wildman–Crippen LogP) is 0.438. The predicted molar refractivity (Wildman–Crippen MR) is 105 cm³/mol. The molecule has 0 aliphatic carbocycles. The lowest BCUT2D eigenvalue weighted by molar-refractivity contribution is -0.908. The number of halogens is 1. The molecule has 0 bridgehead atoms. The summed E-state index contributed by atoms with van der Waals surface area (Å²) in [5, 5.41) is 3.48. The summed E-state index contributed by atoms with van der Waals surface area (Å²) in [5.74, 6) is -0.0104. The summed E-state index contributed by atoms with van der Waals surface area (Å²) in [6.45, 7) is 5.86. The van der Waals surface area contributed by atoms with Crippen molar-refractivity contribution in [2.45, 2.75) is 12.5 Å². The molecule has 0 radical (unpaired) electrons. The second-order valence-corrected chi connectivity index (χ2v) is 7.92. The van der Waals surface area contributed by atoms with Crippen LogP contribution in [0.2, 0.25) is 5.02 Å². The maximum atomic E-state index is 13.2. The molecule has 3 amide bonds. The van der Waals surface area contributed by atoms with Crippen molar-refractivity contribution < 1.29 is 19.2 Å². The Morgan fingerprint density at radius 2 is 2.00 bits per heavy atom.